The fraction of sp³-hybridized carbons (Fsp3) is 0.143. The van der Waals surface area contributed by atoms with Crippen molar-refractivity contribution in [1.29, 1.82) is 0 Å². The summed E-state index contributed by atoms with van der Waals surface area (Å²) in [4.78, 5) is 12.2. The molecule has 1 heterocycles. The lowest BCUT2D eigenvalue weighted by atomic mass is 9.99. The highest BCUT2D eigenvalue weighted by Gasteiger charge is 2.23. The summed E-state index contributed by atoms with van der Waals surface area (Å²) in [6.45, 7) is 2.78. The van der Waals surface area contributed by atoms with Crippen LogP contribution in [0.5, 0.6) is 0 Å². The van der Waals surface area contributed by atoms with Gasteiger partial charge in [-0.3, -0.25) is 4.79 Å². The van der Waals surface area contributed by atoms with Crippen molar-refractivity contribution in [3.63, 3.8) is 0 Å². The van der Waals surface area contributed by atoms with Gasteiger partial charge in [0.1, 0.15) is 6.42 Å². The summed E-state index contributed by atoms with van der Waals surface area (Å²) in [6, 6.07) is 35.5. The molecule has 0 bridgehead atoms. The number of rotatable bonds is 7. The van der Waals surface area contributed by atoms with Crippen LogP contribution in [0, 0.1) is 0 Å². The van der Waals surface area contributed by atoms with Crippen LogP contribution in [0.3, 0.4) is 0 Å². The van der Waals surface area contributed by atoms with Crippen molar-refractivity contribution in [3.05, 3.63) is 103 Å². The van der Waals surface area contributed by atoms with Crippen molar-refractivity contribution >= 4 is 13.2 Å². The van der Waals surface area contributed by atoms with Crippen molar-refractivity contribution in [2.75, 3.05) is 6.61 Å². The van der Waals surface area contributed by atoms with Crippen molar-refractivity contribution in [3.8, 4) is 33.6 Å². The Hall–Kier alpha value is -3.94. The van der Waals surface area contributed by atoms with E-state index in [1.54, 1.807) is 0 Å². The fourth-order valence-electron chi connectivity index (χ4n) is 3.79. The number of hydrogen-bond acceptors (Lipinski definition) is 2. The molecule has 0 saturated heterocycles. The summed E-state index contributed by atoms with van der Waals surface area (Å²) >= 11 is 0. The third kappa shape index (κ3) is 8.08. The molecule has 0 aliphatic carbocycles. The smallest absolute Gasteiger partial charge is 0.466 e. The Labute approximate surface area is 208 Å². The number of halogens is 4. The lowest BCUT2D eigenvalue weighted by molar-refractivity contribution is -0.674. The van der Waals surface area contributed by atoms with Crippen LogP contribution in [-0.4, -0.2) is 19.8 Å². The molecular weight excluding hydrogens is 469 g/mol. The largest absolute Gasteiger partial charge is 0.673 e. The molecule has 0 aliphatic rings. The van der Waals surface area contributed by atoms with Crippen molar-refractivity contribution in [1.82, 2.24) is 0 Å². The Morgan fingerprint density at radius 1 is 0.694 bits per heavy atom. The molecule has 0 spiro atoms. The zero-order valence-electron chi connectivity index (χ0n) is 19.8. The standard InChI is InChI=1S/C28H26NO2.BF4/c1-2-31-28(30)18-19-29-26(23-14-8-4-9-15-23)20-25(22-12-6-3-7-13-22)21-27(29)24-16-10-5-11-17-24;2-1(3,4)5/h3-17,20-21H,2,18-19H2,1H3;/q+1;-1. The van der Waals surface area contributed by atoms with Gasteiger partial charge >= 0.3 is 13.2 Å². The first kappa shape index (κ1) is 26.7. The molecule has 0 aliphatic heterocycles. The second-order valence-corrected chi connectivity index (χ2v) is 7.81. The predicted octanol–water partition coefficient (Wildman–Crippen LogP) is 7.23. The van der Waals surface area contributed by atoms with E-state index in [4.69, 9.17) is 4.74 Å². The van der Waals surface area contributed by atoms with Gasteiger partial charge in [0.15, 0.2) is 6.54 Å². The highest BCUT2D eigenvalue weighted by atomic mass is 19.5. The molecule has 8 heteroatoms. The van der Waals surface area contributed by atoms with Gasteiger partial charge in [0.25, 0.3) is 0 Å². The summed E-state index contributed by atoms with van der Waals surface area (Å²) < 4.78 is 46.4. The summed E-state index contributed by atoms with van der Waals surface area (Å²) in [6.07, 6.45) is 0.322. The number of ether oxygens (including phenoxy) is 1. The number of carbonyl (C=O) groups is 1. The van der Waals surface area contributed by atoms with E-state index < -0.39 is 7.25 Å². The molecule has 4 rings (SSSR count). The van der Waals surface area contributed by atoms with E-state index in [-0.39, 0.29) is 5.97 Å². The van der Waals surface area contributed by atoms with Crippen LogP contribution in [0.15, 0.2) is 103 Å². The maximum Gasteiger partial charge on any atom is 0.673 e. The highest BCUT2D eigenvalue weighted by Crippen LogP contribution is 2.29. The number of nitrogens with zero attached hydrogens (tertiary/aromatic N) is 1. The minimum atomic E-state index is -6.00. The average Bonchev–Trinajstić information content (AvgIpc) is 2.88. The first-order chi connectivity index (χ1) is 17.3. The van der Waals surface area contributed by atoms with E-state index in [1.807, 2.05) is 49.4 Å². The number of aromatic nitrogens is 1. The Balaban J connectivity index is 0.000000658. The molecule has 4 aromatic rings. The number of pyridine rings is 1. The summed E-state index contributed by atoms with van der Waals surface area (Å²) in [7, 11) is -6.00. The molecule has 0 atom stereocenters. The van der Waals surface area contributed by atoms with Gasteiger partial charge in [0, 0.05) is 23.3 Å². The lowest BCUT2D eigenvalue weighted by Gasteiger charge is -2.13. The number of benzene rings is 3. The molecule has 1 aromatic heterocycles. The molecule has 36 heavy (non-hydrogen) atoms. The first-order valence-corrected chi connectivity index (χ1v) is 11.5. The first-order valence-electron chi connectivity index (χ1n) is 11.5. The van der Waals surface area contributed by atoms with Gasteiger partial charge in [-0.15, -0.1) is 0 Å². The Morgan fingerprint density at radius 2 is 1.08 bits per heavy atom. The predicted molar refractivity (Wildman–Crippen MR) is 134 cm³/mol. The van der Waals surface area contributed by atoms with Crippen LogP contribution in [0.1, 0.15) is 13.3 Å². The van der Waals surface area contributed by atoms with Crippen LogP contribution in [0.2, 0.25) is 0 Å². The summed E-state index contributed by atoms with van der Waals surface area (Å²) in [5.41, 5.74) is 6.68. The minimum Gasteiger partial charge on any atom is -0.466 e. The van der Waals surface area contributed by atoms with Gasteiger partial charge in [-0.25, -0.2) is 0 Å². The van der Waals surface area contributed by atoms with Crippen LogP contribution < -0.4 is 4.57 Å². The second kappa shape index (κ2) is 12.7. The van der Waals surface area contributed by atoms with E-state index in [2.05, 4.69) is 65.2 Å². The van der Waals surface area contributed by atoms with Gasteiger partial charge in [-0.1, -0.05) is 66.7 Å². The monoisotopic (exact) mass is 495 g/mol. The molecule has 0 radical (unpaired) electrons. The molecule has 186 valence electrons. The minimum absolute atomic E-state index is 0.180. The Bertz CT molecular complexity index is 1180. The van der Waals surface area contributed by atoms with E-state index in [9.17, 15) is 22.1 Å². The average molecular weight is 495 g/mol. The van der Waals surface area contributed by atoms with Gasteiger partial charge < -0.3 is 22.0 Å². The molecule has 3 aromatic carbocycles. The molecule has 3 nitrogen and oxygen atoms in total. The van der Waals surface area contributed by atoms with Gasteiger partial charge in [0.05, 0.1) is 6.61 Å². The third-order valence-corrected chi connectivity index (χ3v) is 5.26. The van der Waals surface area contributed by atoms with Crippen molar-refractivity contribution in [2.24, 2.45) is 0 Å². The quantitative estimate of drug-likeness (QED) is 0.117. The topological polar surface area (TPSA) is 30.2 Å². The Morgan fingerprint density at radius 3 is 1.47 bits per heavy atom. The van der Waals surface area contributed by atoms with Crippen LogP contribution in [0.25, 0.3) is 33.6 Å². The molecule has 0 unspecified atom stereocenters. The van der Waals surface area contributed by atoms with Crippen LogP contribution in [0.4, 0.5) is 17.3 Å². The maximum absolute atomic E-state index is 12.2. The van der Waals surface area contributed by atoms with E-state index >= 15 is 0 Å². The normalized spacial score (nSPS) is 10.8. The molecule has 0 N–H and O–H groups in total. The highest BCUT2D eigenvalue weighted by molar-refractivity contribution is 6.50. The molecular formula is C28H26BF4NO2. The van der Waals surface area contributed by atoms with E-state index in [0.29, 0.717) is 19.6 Å². The van der Waals surface area contributed by atoms with Crippen LogP contribution in [-0.2, 0) is 16.1 Å². The van der Waals surface area contributed by atoms with Gasteiger partial charge in [-0.2, -0.15) is 4.57 Å². The number of carbonyl (C=O) groups excluding carboxylic acids is 1. The molecule has 0 amide bonds. The Kier molecular flexibility index (Phi) is 9.39. The molecule has 0 fully saturated rings. The van der Waals surface area contributed by atoms with E-state index in [0.717, 1.165) is 33.6 Å². The SMILES string of the molecule is CCOC(=O)CC[n+]1c(-c2ccccc2)cc(-c2ccccc2)cc1-c1ccccc1.F[B-](F)(F)F. The van der Waals surface area contributed by atoms with Crippen molar-refractivity contribution < 1.29 is 31.4 Å². The third-order valence-electron chi connectivity index (χ3n) is 5.26. The summed E-state index contributed by atoms with van der Waals surface area (Å²) in [5, 5.41) is 0. The number of hydrogen-bond donors (Lipinski definition) is 0. The van der Waals surface area contributed by atoms with Crippen LogP contribution >= 0.6 is 0 Å². The fourth-order valence-corrected chi connectivity index (χ4v) is 3.79. The van der Waals surface area contributed by atoms with Gasteiger partial charge in [-0.05, 0) is 42.3 Å². The lowest BCUT2D eigenvalue weighted by Crippen LogP contribution is -2.40. The zero-order valence-corrected chi connectivity index (χ0v) is 19.8. The van der Waals surface area contributed by atoms with E-state index in [1.165, 1.54) is 0 Å². The second-order valence-electron chi connectivity index (χ2n) is 7.81. The van der Waals surface area contributed by atoms with Gasteiger partial charge in [0.2, 0.25) is 11.4 Å². The maximum atomic E-state index is 12.2. The number of esters is 1. The summed E-state index contributed by atoms with van der Waals surface area (Å²) in [5.74, 6) is -0.180. The zero-order chi connectivity index (χ0) is 26.0. The van der Waals surface area contributed by atoms with Crippen molar-refractivity contribution in [2.45, 2.75) is 19.9 Å². The molecule has 0 saturated carbocycles.